The Morgan fingerprint density at radius 2 is 1.93 bits per heavy atom. The van der Waals surface area contributed by atoms with Gasteiger partial charge in [-0.2, -0.15) is 0 Å². The van der Waals surface area contributed by atoms with Crippen molar-refractivity contribution in [3.63, 3.8) is 0 Å². The van der Waals surface area contributed by atoms with Gasteiger partial charge >= 0.3 is 0 Å². The van der Waals surface area contributed by atoms with Gasteiger partial charge in [-0.25, -0.2) is 0 Å². The molecular weight excluding hydrogens is 192 g/mol. The van der Waals surface area contributed by atoms with Gasteiger partial charge in [-0.15, -0.1) is 0 Å². The van der Waals surface area contributed by atoms with E-state index in [0.717, 1.165) is 58.8 Å². The fraction of sp³-hybridized carbons (Fsp3) is 1.00. The Labute approximate surface area is 91.6 Å². The van der Waals surface area contributed by atoms with Crippen molar-refractivity contribution >= 4 is 0 Å². The van der Waals surface area contributed by atoms with Gasteiger partial charge in [-0.1, -0.05) is 0 Å². The van der Waals surface area contributed by atoms with Crippen molar-refractivity contribution in [1.29, 1.82) is 0 Å². The van der Waals surface area contributed by atoms with Crippen LogP contribution in [0, 0.1) is 5.92 Å². The molecule has 15 heavy (non-hydrogen) atoms. The number of nitrogens with one attached hydrogen (secondary N) is 1. The lowest BCUT2D eigenvalue weighted by Crippen LogP contribution is -2.48. The maximum Gasteiger partial charge on any atom is 0.0696 e. The molecule has 4 nitrogen and oxygen atoms in total. The van der Waals surface area contributed by atoms with E-state index in [1.165, 1.54) is 0 Å². The third kappa shape index (κ3) is 3.41. The first kappa shape index (κ1) is 11.3. The molecule has 0 spiro atoms. The smallest absolute Gasteiger partial charge is 0.0696 e. The maximum absolute atomic E-state index is 10.1. The Morgan fingerprint density at radius 3 is 2.60 bits per heavy atom. The monoisotopic (exact) mass is 214 g/mol. The molecular formula is C11H22N2O2. The number of aliphatic hydroxyl groups excluding tert-OH is 1. The normalized spacial score (nSPS) is 27.8. The predicted molar refractivity (Wildman–Crippen MR) is 58.9 cm³/mol. The van der Waals surface area contributed by atoms with Crippen molar-refractivity contribution < 1.29 is 9.84 Å². The molecule has 0 aromatic rings. The summed E-state index contributed by atoms with van der Waals surface area (Å²) in [5.74, 6) is 0.452. The van der Waals surface area contributed by atoms with Crippen molar-refractivity contribution in [2.24, 2.45) is 5.92 Å². The SMILES string of the molecule is OC(CN1CCNCC1)C1CCOCC1. The minimum Gasteiger partial charge on any atom is -0.392 e. The lowest BCUT2D eigenvalue weighted by molar-refractivity contribution is -0.00747. The molecule has 1 atom stereocenters. The topological polar surface area (TPSA) is 44.7 Å². The third-order valence-corrected chi connectivity index (χ3v) is 3.46. The minimum atomic E-state index is -0.160. The number of β-amino-alcohol motifs (C(OH)–C–C–N with tert-alkyl or cyclic N) is 1. The molecule has 0 aliphatic carbocycles. The number of hydrogen-bond acceptors (Lipinski definition) is 4. The van der Waals surface area contributed by atoms with E-state index in [-0.39, 0.29) is 6.10 Å². The first-order valence-electron chi connectivity index (χ1n) is 6.05. The van der Waals surface area contributed by atoms with E-state index in [9.17, 15) is 5.11 Å². The van der Waals surface area contributed by atoms with Crippen LogP contribution in [0.2, 0.25) is 0 Å². The van der Waals surface area contributed by atoms with Gasteiger partial charge in [0, 0.05) is 45.9 Å². The van der Waals surface area contributed by atoms with E-state index in [0.29, 0.717) is 5.92 Å². The quantitative estimate of drug-likeness (QED) is 0.676. The summed E-state index contributed by atoms with van der Waals surface area (Å²) < 4.78 is 5.31. The predicted octanol–water partition coefficient (Wildman–Crippen LogP) is -0.321. The van der Waals surface area contributed by atoms with Gasteiger partial charge in [-0.3, -0.25) is 4.90 Å². The molecule has 0 saturated carbocycles. The van der Waals surface area contributed by atoms with Gasteiger partial charge in [0.15, 0.2) is 0 Å². The Bertz CT molecular complexity index is 177. The fourth-order valence-electron chi connectivity index (χ4n) is 2.41. The molecule has 1 unspecified atom stereocenters. The van der Waals surface area contributed by atoms with Crippen LogP contribution in [0.4, 0.5) is 0 Å². The molecule has 4 heteroatoms. The Morgan fingerprint density at radius 1 is 1.27 bits per heavy atom. The van der Waals surface area contributed by atoms with Crippen molar-refractivity contribution in [2.45, 2.75) is 18.9 Å². The Hall–Kier alpha value is -0.160. The van der Waals surface area contributed by atoms with E-state index in [1.54, 1.807) is 0 Å². The van der Waals surface area contributed by atoms with Gasteiger partial charge in [0.2, 0.25) is 0 Å². The number of ether oxygens (including phenoxy) is 1. The molecule has 2 heterocycles. The molecule has 2 aliphatic heterocycles. The minimum absolute atomic E-state index is 0.160. The summed E-state index contributed by atoms with van der Waals surface area (Å²) in [5, 5.41) is 13.4. The molecule has 0 aromatic carbocycles. The van der Waals surface area contributed by atoms with Crippen LogP contribution in [-0.4, -0.2) is 62.0 Å². The van der Waals surface area contributed by atoms with Crippen LogP contribution in [0.1, 0.15) is 12.8 Å². The highest BCUT2D eigenvalue weighted by Gasteiger charge is 2.24. The first-order chi connectivity index (χ1) is 7.36. The molecule has 2 fully saturated rings. The van der Waals surface area contributed by atoms with Gasteiger partial charge in [0.25, 0.3) is 0 Å². The second-order valence-electron chi connectivity index (χ2n) is 4.57. The number of hydrogen-bond donors (Lipinski definition) is 2. The van der Waals surface area contributed by atoms with Gasteiger partial charge in [-0.05, 0) is 18.8 Å². The van der Waals surface area contributed by atoms with Crippen LogP contribution in [0.5, 0.6) is 0 Å². The zero-order valence-electron chi connectivity index (χ0n) is 9.32. The zero-order valence-corrected chi connectivity index (χ0v) is 9.32. The van der Waals surface area contributed by atoms with Crippen LogP contribution in [-0.2, 0) is 4.74 Å². The van der Waals surface area contributed by atoms with Crippen LogP contribution < -0.4 is 5.32 Å². The molecule has 0 radical (unpaired) electrons. The lowest BCUT2D eigenvalue weighted by atomic mass is 9.93. The second kappa shape index (κ2) is 5.80. The van der Waals surface area contributed by atoms with Crippen LogP contribution >= 0.6 is 0 Å². The zero-order chi connectivity index (χ0) is 10.5. The van der Waals surface area contributed by atoms with Crippen molar-refractivity contribution in [3.05, 3.63) is 0 Å². The molecule has 2 rings (SSSR count). The summed E-state index contributed by atoms with van der Waals surface area (Å²) >= 11 is 0. The molecule has 0 aromatic heterocycles. The molecule has 0 amide bonds. The second-order valence-corrected chi connectivity index (χ2v) is 4.57. The number of aliphatic hydroxyl groups is 1. The average molecular weight is 214 g/mol. The average Bonchev–Trinajstić information content (AvgIpc) is 2.31. The number of piperazine rings is 1. The molecule has 88 valence electrons. The maximum atomic E-state index is 10.1. The highest BCUT2D eigenvalue weighted by Crippen LogP contribution is 2.19. The summed E-state index contributed by atoms with van der Waals surface area (Å²) in [6, 6.07) is 0. The molecule has 0 bridgehead atoms. The summed E-state index contributed by atoms with van der Waals surface area (Å²) in [4.78, 5) is 2.36. The van der Waals surface area contributed by atoms with Crippen molar-refractivity contribution in [1.82, 2.24) is 10.2 Å². The van der Waals surface area contributed by atoms with Crippen LogP contribution in [0.3, 0.4) is 0 Å². The van der Waals surface area contributed by atoms with Gasteiger partial charge in [0.1, 0.15) is 0 Å². The Kier molecular flexibility index (Phi) is 4.38. The van der Waals surface area contributed by atoms with Crippen molar-refractivity contribution in [2.75, 3.05) is 45.9 Å². The van der Waals surface area contributed by atoms with E-state index < -0.39 is 0 Å². The highest BCUT2D eigenvalue weighted by molar-refractivity contribution is 4.77. The lowest BCUT2D eigenvalue weighted by Gasteiger charge is -2.33. The largest absolute Gasteiger partial charge is 0.392 e. The van der Waals surface area contributed by atoms with E-state index in [1.807, 2.05) is 0 Å². The standard InChI is InChI=1S/C11H22N2O2/c14-11(10-1-7-15-8-2-10)9-13-5-3-12-4-6-13/h10-12,14H,1-9H2. The van der Waals surface area contributed by atoms with Gasteiger partial charge < -0.3 is 15.2 Å². The fourth-order valence-corrected chi connectivity index (χ4v) is 2.41. The summed E-state index contributed by atoms with van der Waals surface area (Å²) in [7, 11) is 0. The van der Waals surface area contributed by atoms with Crippen molar-refractivity contribution in [3.8, 4) is 0 Å². The Balaban J connectivity index is 1.72. The van der Waals surface area contributed by atoms with Crippen LogP contribution in [0.15, 0.2) is 0 Å². The molecule has 2 saturated heterocycles. The summed E-state index contributed by atoms with van der Waals surface area (Å²) in [6.45, 7) is 6.74. The highest BCUT2D eigenvalue weighted by atomic mass is 16.5. The van der Waals surface area contributed by atoms with E-state index in [4.69, 9.17) is 4.74 Å². The van der Waals surface area contributed by atoms with E-state index in [2.05, 4.69) is 10.2 Å². The summed E-state index contributed by atoms with van der Waals surface area (Å²) in [6.07, 6.45) is 1.88. The molecule has 2 aliphatic rings. The van der Waals surface area contributed by atoms with Crippen LogP contribution in [0.25, 0.3) is 0 Å². The van der Waals surface area contributed by atoms with Gasteiger partial charge in [0.05, 0.1) is 6.10 Å². The molecule has 2 N–H and O–H groups in total. The number of rotatable bonds is 3. The van der Waals surface area contributed by atoms with E-state index >= 15 is 0 Å². The third-order valence-electron chi connectivity index (χ3n) is 3.46. The first-order valence-corrected chi connectivity index (χ1v) is 6.05. The number of nitrogens with zero attached hydrogens (tertiary/aromatic N) is 1. The summed E-state index contributed by atoms with van der Waals surface area (Å²) in [5.41, 5.74) is 0.